The lowest BCUT2D eigenvalue weighted by Gasteiger charge is -2.24. The molecule has 0 aliphatic carbocycles. The largest absolute Gasteiger partial charge is 0.416 e. The number of hydrogen-bond donors (Lipinski definition) is 1. The van der Waals surface area contributed by atoms with E-state index in [1.54, 1.807) is 0 Å². The van der Waals surface area contributed by atoms with Gasteiger partial charge in [0.15, 0.2) is 0 Å². The summed E-state index contributed by atoms with van der Waals surface area (Å²) in [6, 6.07) is 9.25. The molecule has 0 heterocycles. The zero-order valence-corrected chi connectivity index (χ0v) is 15.1. The van der Waals surface area contributed by atoms with Gasteiger partial charge in [-0.05, 0) is 36.4 Å². The lowest BCUT2D eigenvalue weighted by molar-refractivity contribution is -0.137. The molecule has 0 bridgehead atoms. The van der Waals surface area contributed by atoms with Crippen LogP contribution in [-0.4, -0.2) is 27.9 Å². The summed E-state index contributed by atoms with van der Waals surface area (Å²) in [7, 11) is -2.83. The minimum atomic E-state index is -4.61. The molecule has 0 atom stereocenters. The van der Waals surface area contributed by atoms with Crippen LogP contribution >= 0.6 is 0 Å². The summed E-state index contributed by atoms with van der Waals surface area (Å²) in [6.45, 7) is 3.23. The van der Waals surface area contributed by atoms with Gasteiger partial charge in [0.05, 0.1) is 22.7 Å². The van der Waals surface area contributed by atoms with Crippen molar-refractivity contribution in [2.75, 3.05) is 17.9 Å². The van der Waals surface area contributed by atoms with Gasteiger partial charge in [-0.1, -0.05) is 18.2 Å². The monoisotopic (exact) mass is 398 g/mol. The molecule has 9 heteroatoms. The van der Waals surface area contributed by atoms with Gasteiger partial charge in [0, 0.05) is 12.6 Å². The van der Waals surface area contributed by atoms with E-state index in [1.807, 2.05) is 0 Å². The lowest BCUT2D eigenvalue weighted by atomic mass is 10.2. The first-order chi connectivity index (χ1) is 12.6. The van der Waals surface area contributed by atoms with E-state index in [0.717, 1.165) is 28.6 Å². The third kappa shape index (κ3) is 4.48. The average Bonchev–Trinajstić information content (AvgIpc) is 2.64. The Bertz CT molecular complexity index is 956. The fourth-order valence-corrected chi connectivity index (χ4v) is 3.84. The molecule has 0 fully saturated rings. The number of sulfonamides is 1. The van der Waals surface area contributed by atoms with Crippen molar-refractivity contribution in [3.8, 4) is 0 Å². The minimum Gasteiger partial charge on any atom is -0.355 e. The van der Waals surface area contributed by atoms with Gasteiger partial charge in [-0.3, -0.25) is 9.10 Å². The van der Waals surface area contributed by atoms with E-state index >= 15 is 0 Å². The van der Waals surface area contributed by atoms with Gasteiger partial charge >= 0.3 is 6.18 Å². The van der Waals surface area contributed by atoms with Crippen LogP contribution in [0, 0.1) is 0 Å². The topological polar surface area (TPSA) is 66.5 Å². The molecule has 0 saturated carbocycles. The van der Waals surface area contributed by atoms with Crippen LogP contribution in [0.2, 0.25) is 0 Å². The molecule has 144 valence electrons. The summed E-state index contributed by atoms with van der Waals surface area (Å²) in [5.41, 5.74) is -1.01. The highest BCUT2D eigenvalue weighted by Gasteiger charge is 2.32. The normalized spacial score (nSPS) is 11.7. The molecule has 5 nitrogen and oxygen atoms in total. The molecule has 2 aromatic carbocycles. The van der Waals surface area contributed by atoms with Crippen molar-refractivity contribution in [1.29, 1.82) is 0 Å². The molecule has 0 aliphatic rings. The lowest BCUT2D eigenvalue weighted by Crippen LogP contribution is -2.31. The number of carbonyl (C=O) groups excluding carboxylic acids is 1. The van der Waals surface area contributed by atoms with Crippen LogP contribution in [0.5, 0.6) is 0 Å². The van der Waals surface area contributed by atoms with Gasteiger partial charge in [0.25, 0.3) is 15.9 Å². The van der Waals surface area contributed by atoms with Crippen molar-refractivity contribution in [3.05, 3.63) is 72.3 Å². The van der Waals surface area contributed by atoms with Crippen LogP contribution < -0.4 is 9.62 Å². The first-order valence-electron chi connectivity index (χ1n) is 7.74. The number of halogens is 3. The molecular weight excluding hydrogens is 381 g/mol. The quantitative estimate of drug-likeness (QED) is 0.758. The first kappa shape index (κ1) is 20.5. The smallest absolute Gasteiger partial charge is 0.355 e. The number of hydrogen-bond acceptors (Lipinski definition) is 3. The maximum Gasteiger partial charge on any atom is 0.416 e. The van der Waals surface area contributed by atoms with Crippen molar-refractivity contribution in [3.63, 3.8) is 0 Å². The van der Waals surface area contributed by atoms with E-state index in [1.165, 1.54) is 37.4 Å². The number of nitrogens with zero attached hydrogens (tertiary/aromatic N) is 1. The molecular formula is C18H17F3N2O3S. The van der Waals surface area contributed by atoms with E-state index in [4.69, 9.17) is 0 Å². The summed E-state index contributed by atoms with van der Waals surface area (Å²) < 4.78 is 65.8. The molecule has 2 rings (SSSR count). The van der Waals surface area contributed by atoms with Crippen molar-refractivity contribution >= 4 is 21.6 Å². The molecule has 0 radical (unpaired) electrons. The van der Waals surface area contributed by atoms with Gasteiger partial charge in [-0.2, -0.15) is 13.2 Å². The van der Waals surface area contributed by atoms with E-state index in [-0.39, 0.29) is 22.7 Å². The van der Waals surface area contributed by atoms with Crippen LogP contribution in [0.3, 0.4) is 0 Å². The zero-order valence-electron chi connectivity index (χ0n) is 14.3. The second-order valence-electron chi connectivity index (χ2n) is 5.48. The minimum absolute atomic E-state index is 0.112. The first-order valence-corrected chi connectivity index (χ1v) is 9.18. The summed E-state index contributed by atoms with van der Waals surface area (Å²) in [4.78, 5) is 11.5. The molecule has 27 heavy (non-hydrogen) atoms. The Labute approximate surface area is 155 Å². The molecule has 0 aliphatic heterocycles. The van der Waals surface area contributed by atoms with Crippen LogP contribution in [-0.2, 0) is 16.2 Å². The van der Waals surface area contributed by atoms with Gasteiger partial charge in [0.1, 0.15) is 0 Å². The number of carbonyl (C=O) groups is 1. The van der Waals surface area contributed by atoms with Gasteiger partial charge in [0.2, 0.25) is 0 Å². The highest BCUT2D eigenvalue weighted by molar-refractivity contribution is 7.92. The van der Waals surface area contributed by atoms with E-state index in [9.17, 15) is 26.4 Å². The van der Waals surface area contributed by atoms with Crippen LogP contribution in [0.4, 0.5) is 18.9 Å². The van der Waals surface area contributed by atoms with Gasteiger partial charge in [-0.15, -0.1) is 6.58 Å². The van der Waals surface area contributed by atoms with E-state index in [2.05, 4.69) is 11.9 Å². The van der Waals surface area contributed by atoms with Gasteiger partial charge < -0.3 is 5.32 Å². The number of anilines is 1. The SMILES string of the molecule is C=CCN(c1cccc(C(F)(F)F)c1)S(=O)(=O)c1cccc(C(=O)NC)c1. The third-order valence-corrected chi connectivity index (χ3v) is 5.46. The van der Waals surface area contributed by atoms with Crippen LogP contribution in [0.1, 0.15) is 15.9 Å². The van der Waals surface area contributed by atoms with E-state index < -0.39 is 27.7 Å². The van der Waals surface area contributed by atoms with Crippen molar-refractivity contribution < 1.29 is 26.4 Å². The Balaban J connectivity index is 2.56. The molecule has 0 saturated heterocycles. The zero-order chi connectivity index (χ0) is 20.2. The standard InChI is InChI=1S/C18H17F3N2O3S/c1-3-10-23(15-8-5-7-14(12-15)18(19,20)21)27(25,26)16-9-4-6-13(11-16)17(24)22-2/h3-9,11-12H,1,10H2,2H3,(H,22,24). The Morgan fingerprint density at radius 2 is 1.85 bits per heavy atom. The number of nitrogens with one attached hydrogen (secondary N) is 1. The highest BCUT2D eigenvalue weighted by Crippen LogP contribution is 2.33. The Hall–Kier alpha value is -2.81. The Kier molecular flexibility index (Phi) is 5.94. The summed E-state index contributed by atoms with van der Waals surface area (Å²) in [5.74, 6) is -0.485. The Morgan fingerprint density at radius 1 is 1.19 bits per heavy atom. The van der Waals surface area contributed by atoms with Crippen molar-refractivity contribution in [2.24, 2.45) is 0 Å². The molecule has 1 N–H and O–H groups in total. The van der Waals surface area contributed by atoms with Crippen LogP contribution in [0.15, 0.2) is 66.1 Å². The highest BCUT2D eigenvalue weighted by atomic mass is 32.2. The molecule has 1 amide bonds. The summed E-state index contributed by atoms with van der Waals surface area (Å²) >= 11 is 0. The molecule has 2 aromatic rings. The fourth-order valence-electron chi connectivity index (χ4n) is 2.37. The van der Waals surface area contributed by atoms with Crippen LogP contribution in [0.25, 0.3) is 0 Å². The summed E-state index contributed by atoms with van der Waals surface area (Å²) in [6.07, 6.45) is -3.35. The molecule has 0 aromatic heterocycles. The maximum atomic E-state index is 13.0. The second kappa shape index (κ2) is 7.83. The maximum absolute atomic E-state index is 13.0. The number of alkyl halides is 3. The number of benzene rings is 2. The predicted molar refractivity (Wildman–Crippen MR) is 96.0 cm³/mol. The molecule has 0 unspecified atom stereocenters. The van der Waals surface area contributed by atoms with E-state index in [0.29, 0.717) is 0 Å². The predicted octanol–water partition coefficient (Wildman–Crippen LogP) is 3.45. The fraction of sp³-hybridized carbons (Fsp3) is 0.167. The average molecular weight is 398 g/mol. The van der Waals surface area contributed by atoms with Crippen molar-refractivity contribution in [2.45, 2.75) is 11.1 Å². The summed E-state index contributed by atoms with van der Waals surface area (Å²) in [5, 5.41) is 2.38. The molecule has 0 spiro atoms. The van der Waals surface area contributed by atoms with Crippen molar-refractivity contribution in [1.82, 2.24) is 5.32 Å². The number of amides is 1. The number of rotatable bonds is 6. The Morgan fingerprint density at radius 3 is 2.44 bits per heavy atom. The second-order valence-corrected chi connectivity index (χ2v) is 7.34. The van der Waals surface area contributed by atoms with Gasteiger partial charge in [-0.25, -0.2) is 8.42 Å². The third-order valence-electron chi connectivity index (χ3n) is 3.67.